The number of nitrogens with zero attached hydrogens (tertiary/aromatic N) is 2. The maximum atomic E-state index is 11.9. The highest BCUT2D eigenvalue weighted by molar-refractivity contribution is 5.35. The van der Waals surface area contributed by atoms with E-state index in [-0.39, 0.29) is 5.69 Å². The van der Waals surface area contributed by atoms with Gasteiger partial charge in [-0.25, -0.2) is 0 Å². The monoisotopic (exact) mass is 446 g/mol. The molecule has 0 amide bonds. The summed E-state index contributed by atoms with van der Waals surface area (Å²) in [6.07, 6.45) is 3.39. The van der Waals surface area contributed by atoms with Crippen LogP contribution in [0.2, 0.25) is 0 Å². The smallest absolute Gasteiger partial charge is 0.269 e. The Bertz CT molecular complexity index is 1020. The molecule has 1 aliphatic heterocycles. The average Bonchev–Trinajstić information content (AvgIpc) is 2.86. The molecule has 1 unspecified atom stereocenters. The molecule has 172 valence electrons. The first-order valence-corrected chi connectivity index (χ1v) is 11.5. The van der Waals surface area contributed by atoms with Crippen molar-refractivity contribution in [1.29, 1.82) is 0 Å². The molecule has 1 saturated heterocycles. The molecule has 6 nitrogen and oxygen atoms in total. The van der Waals surface area contributed by atoms with Crippen molar-refractivity contribution < 1.29 is 14.8 Å². The summed E-state index contributed by atoms with van der Waals surface area (Å²) in [6, 6.07) is 26.3. The number of benzene rings is 3. The highest BCUT2D eigenvalue weighted by Crippen LogP contribution is 2.35. The Hall–Kier alpha value is -3.22. The van der Waals surface area contributed by atoms with Gasteiger partial charge in [-0.3, -0.25) is 15.0 Å². The van der Waals surface area contributed by atoms with Crippen LogP contribution in [0.5, 0.6) is 5.75 Å². The molecule has 4 rings (SSSR count). The standard InChI is InChI=1S/C27H30N2O4/c30-27(17-20-33-26-9-5-2-6-10-26,24-11-13-25(14-12-24)29(31)32)28-18-15-23(16-19-28)21-22-7-3-1-4-8-22/h1-14,23,30H,15-21H2. The van der Waals surface area contributed by atoms with E-state index in [2.05, 4.69) is 29.2 Å². The summed E-state index contributed by atoms with van der Waals surface area (Å²) in [6.45, 7) is 1.86. The molecule has 3 aromatic carbocycles. The van der Waals surface area contributed by atoms with Crippen LogP contribution >= 0.6 is 0 Å². The van der Waals surface area contributed by atoms with E-state index >= 15 is 0 Å². The van der Waals surface area contributed by atoms with Gasteiger partial charge >= 0.3 is 0 Å². The highest BCUT2D eigenvalue weighted by Gasteiger charge is 2.38. The Labute approximate surface area is 194 Å². The predicted octanol–water partition coefficient (Wildman–Crippen LogP) is 5.16. The van der Waals surface area contributed by atoms with E-state index in [9.17, 15) is 15.2 Å². The van der Waals surface area contributed by atoms with Crippen LogP contribution in [0.25, 0.3) is 0 Å². The molecule has 1 aliphatic rings. The van der Waals surface area contributed by atoms with Gasteiger partial charge in [-0.05, 0) is 60.6 Å². The Kier molecular flexibility index (Phi) is 7.37. The Morgan fingerprint density at radius 1 is 0.939 bits per heavy atom. The van der Waals surface area contributed by atoms with Crippen molar-refractivity contribution in [2.24, 2.45) is 5.92 Å². The molecule has 0 spiro atoms. The van der Waals surface area contributed by atoms with Gasteiger partial charge in [0.1, 0.15) is 11.5 Å². The van der Waals surface area contributed by atoms with Gasteiger partial charge < -0.3 is 9.84 Å². The average molecular weight is 447 g/mol. The lowest BCUT2D eigenvalue weighted by atomic mass is 9.87. The molecular formula is C27H30N2O4. The van der Waals surface area contributed by atoms with Gasteiger partial charge in [0, 0.05) is 31.6 Å². The fraction of sp³-hybridized carbons (Fsp3) is 0.333. The molecule has 0 bridgehead atoms. The van der Waals surface area contributed by atoms with Crippen LogP contribution < -0.4 is 4.74 Å². The van der Waals surface area contributed by atoms with E-state index in [0.29, 0.717) is 24.5 Å². The Balaban J connectivity index is 1.46. The SMILES string of the molecule is O=[N+]([O-])c1ccc(C(O)(CCOc2ccccc2)N2CCC(Cc3ccccc3)CC2)cc1. The normalized spacial score (nSPS) is 16.8. The number of likely N-dealkylation sites (tertiary alicyclic amines) is 1. The molecule has 6 heteroatoms. The van der Waals surface area contributed by atoms with Crippen molar-refractivity contribution in [1.82, 2.24) is 4.90 Å². The summed E-state index contributed by atoms with van der Waals surface area (Å²) >= 11 is 0. The maximum Gasteiger partial charge on any atom is 0.269 e. The molecule has 0 radical (unpaired) electrons. The van der Waals surface area contributed by atoms with Gasteiger partial charge in [-0.2, -0.15) is 0 Å². The second kappa shape index (κ2) is 10.6. The summed E-state index contributed by atoms with van der Waals surface area (Å²) in [5.41, 5.74) is 0.772. The summed E-state index contributed by atoms with van der Waals surface area (Å²) in [5.74, 6) is 1.33. The number of non-ortho nitro benzene ring substituents is 1. The van der Waals surface area contributed by atoms with Crippen molar-refractivity contribution in [3.05, 3.63) is 106 Å². The maximum absolute atomic E-state index is 11.9. The molecular weight excluding hydrogens is 416 g/mol. The summed E-state index contributed by atoms with van der Waals surface area (Å²) in [7, 11) is 0. The minimum absolute atomic E-state index is 0.0169. The zero-order valence-electron chi connectivity index (χ0n) is 18.7. The first-order valence-electron chi connectivity index (χ1n) is 11.5. The quantitative estimate of drug-likeness (QED) is 0.363. The largest absolute Gasteiger partial charge is 0.493 e. The third kappa shape index (κ3) is 5.78. The van der Waals surface area contributed by atoms with E-state index in [1.807, 2.05) is 36.4 Å². The molecule has 0 aromatic heterocycles. The van der Waals surface area contributed by atoms with Gasteiger partial charge in [-0.15, -0.1) is 0 Å². The van der Waals surface area contributed by atoms with Crippen molar-refractivity contribution in [2.75, 3.05) is 19.7 Å². The molecule has 1 atom stereocenters. The van der Waals surface area contributed by atoms with E-state index in [4.69, 9.17) is 4.74 Å². The first kappa shape index (κ1) is 23.0. The lowest BCUT2D eigenvalue weighted by Gasteiger charge is -2.44. The molecule has 0 saturated carbocycles. The topological polar surface area (TPSA) is 75.8 Å². The van der Waals surface area contributed by atoms with Crippen LogP contribution in [-0.4, -0.2) is 34.6 Å². The van der Waals surface area contributed by atoms with Crippen LogP contribution in [0.1, 0.15) is 30.4 Å². The number of aliphatic hydroxyl groups is 1. The summed E-state index contributed by atoms with van der Waals surface area (Å²) in [5, 5.41) is 23.0. The van der Waals surface area contributed by atoms with Crippen molar-refractivity contribution in [3.8, 4) is 5.75 Å². The number of hydrogen-bond acceptors (Lipinski definition) is 5. The molecule has 1 heterocycles. The molecule has 1 N–H and O–H groups in total. The predicted molar refractivity (Wildman–Crippen MR) is 128 cm³/mol. The van der Waals surface area contributed by atoms with Crippen LogP contribution in [0.4, 0.5) is 5.69 Å². The number of rotatable bonds is 9. The van der Waals surface area contributed by atoms with Crippen molar-refractivity contribution >= 4 is 5.69 Å². The summed E-state index contributed by atoms with van der Waals surface area (Å²) in [4.78, 5) is 12.8. The first-order chi connectivity index (χ1) is 16.0. The Morgan fingerprint density at radius 3 is 2.15 bits per heavy atom. The lowest BCUT2D eigenvalue weighted by molar-refractivity contribution is -0.384. The van der Waals surface area contributed by atoms with Crippen LogP contribution in [0, 0.1) is 16.0 Å². The van der Waals surface area contributed by atoms with Gasteiger partial charge in [0.25, 0.3) is 5.69 Å². The number of piperidine rings is 1. The minimum atomic E-state index is -1.25. The Morgan fingerprint density at radius 2 is 1.55 bits per heavy atom. The zero-order valence-corrected chi connectivity index (χ0v) is 18.7. The molecule has 33 heavy (non-hydrogen) atoms. The molecule has 1 fully saturated rings. The summed E-state index contributed by atoms with van der Waals surface area (Å²) < 4.78 is 5.88. The fourth-order valence-electron chi connectivity index (χ4n) is 4.62. The second-order valence-corrected chi connectivity index (χ2v) is 8.65. The zero-order chi connectivity index (χ0) is 23.1. The van der Waals surface area contributed by atoms with Gasteiger partial charge in [0.2, 0.25) is 0 Å². The number of nitro groups is 1. The number of hydrogen-bond donors (Lipinski definition) is 1. The molecule has 0 aliphatic carbocycles. The second-order valence-electron chi connectivity index (χ2n) is 8.65. The van der Waals surface area contributed by atoms with E-state index in [1.165, 1.54) is 17.7 Å². The van der Waals surface area contributed by atoms with Gasteiger partial charge in [0.15, 0.2) is 0 Å². The molecule has 3 aromatic rings. The third-order valence-electron chi connectivity index (χ3n) is 6.51. The van der Waals surface area contributed by atoms with E-state index in [0.717, 1.165) is 38.1 Å². The highest BCUT2D eigenvalue weighted by atomic mass is 16.6. The van der Waals surface area contributed by atoms with Crippen molar-refractivity contribution in [3.63, 3.8) is 0 Å². The number of ether oxygens (including phenoxy) is 1. The number of para-hydroxylation sites is 1. The fourth-order valence-corrected chi connectivity index (χ4v) is 4.62. The van der Waals surface area contributed by atoms with Crippen LogP contribution in [-0.2, 0) is 12.1 Å². The van der Waals surface area contributed by atoms with Crippen molar-refractivity contribution in [2.45, 2.75) is 31.4 Å². The van der Waals surface area contributed by atoms with E-state index < -0.39 is 10.6 Å². The van der Waals surface area contributed by atoms with Gasteiger partial charge in [0.05, 0.1) is 11.5 Å². The van der Waals surface area contributed by atoms with Crippen LogP contribution in [0.15, 0.2) is 84.9 Å². The van der Waals surface area contributed by atoms with E-state index in [1.54, 1.807) is 12.1 Å². The number of nitro benzene ring substituents is 1. The lowest BCUT2D eigenvalue weighted by Crippen LogP contribution is -2.50. The van der Waals surface area contributed by atoms with Crippen LogP contribution in [0.3, 0.4) is 0 Å². The third-order valence-corrected chi connectivity index (χ3v) is 6.51. The minimum Gasteiger partial charge on any atom is -0.493 e. The van der Waals surface area contributed by atoms with Gasteiger partial charge in [-0.1, -0.05) is 48.5 Å².